The zero-order valence-electron chi connectivity index (χ0n) is 19.8. The maximum atomic E-state index is 15.4. The van der Waals surface area contributed by atoms with Crippen molar-refractivity contribution in [1.82, 2.24) is 0 Å². The normalized spacial score (nSPS) is 11.5. The molecule has 0 aromatic heterocycles. The number of rotatable bonds is 4. The fourth-order valence-corrected chi connectivity index (χ4v) is 4.71. The Hall–Kier alpha value is -4.41. The van der Waals surface area contributed by atoms with Crippen LogP contribution in [0.5, 0.6) is 11.5 Å². The van der Waals surface area contributed by atoms with Gasteiger partial charge in [0, 0.05) is 39.4 Å². The van der Waals surface area contributed by atoms with Crippen molar-refractivity contribution in [3.8, 4) is 33.8 Å². The van der Waals surface area contributed by atoms with E-state index in [-0.39, 0.29) is 5.75 Å². The molecule has 0 bridgehead atoms. The van der Waals surface area contributed by atoms with Crippen molar-refractivity contribution in [1.29, 1.82) is 0 Å². The van der Waals surface area contributed by atoms with Gasteiger partial charge in [-0.3, -0.25) is 0 Å². The van der Waals surface area contributed by atoms with Crippen molar-refractivity contribution in [2.75, 3.05) is 14.2 Å². The second-order valence-electron chi connectivity index (χ2n) is 8.32. The van der Waals surface area contributed by atoms with Crippen LogP contribution in [0.2, 0.25) is 0 Å². The van der Waals surface area contributed by atoms with Crippen LogP contribution in [-0.4, -0.2) is 14.2 Å². The molecule has 0 atom stereocenters. The van der Waals surface area contributed by atoms with Crippen LogP contribution in [0.1, 0.15) is 0 Å². The number of fused-ring (bicyclic) bond motifs is 2. The predicted octanol–water partition coefficient (Wildman–Crippen LogP) is 8.60. The molecule has 5 aromatic carbocycles. The molecule has 0 spiro atoms. The first-order valence-corrected chi connectivity index (χ1v) is 11.0. The van der Waals surface area contributed by atoms with Gasteiger partial charge in [-0.15, -0.1) is 0 Å². The number of hydrogen-bond donors (Lipinski definition) is 0. The minimum absolute atomic E-state index is 0.273. The van der Waals surface area contributed by atoms with Crippen LogP contribution < -0.4 is 9.47 Å². The van der Waals surface area contributed by atoms with Crippen LogP contribution in [0.4, 0.5) is 39.5 Å². The molecule has 0 unspecified atom stereocenters. The average Bonchev–Trinajstić information content (AvgIpc) is 2.90. The van der Waals surface area contributed by atoms with Gasteiger partial charge in [-0.1, -0.05) is 12.1 Å². The van der Waals surface area contributed by atoms with Crippen LogP contribution in [0, 0.1) is 52.4 Å². The van der Waals surface area contributed by atoms with E-state index in [2.05, 4.69) is 4.74 Å². The fraction of sp³-hybridized carbons (Fsp3) is 0.0714. The van der Waals surface area contributed by atoms with Crippen molar-refractivity contribution in [3.05, 3.63) is 94.8 Å². The Morgan fingerprint density at radius 3 is 1.49 bits per heavy atom. The van der Waals surface area contributed by atoms with Crippen LogP contribution in [0.15, 0.2) is 42.5 Å². The highest BCUT2D eigenvalue weighted by molar-refractivity contribution is 6.22. The molecule has 5 rings (SSSR count). The summed E-state index contributed by atoms with van der Waals surface area (Å²) in [6, 6.07) is 5.35. The quantitative estimate of drug-likeness (QED) is 0.126. The molecular formula is C28H13F9O2. The molecule has 0 aliphatic heterocycles. The van der Waals surface area contributed by atoms with E-state index >= 15 is 30.7 Å². The lowest BCUT2D eigenvalue weighted by Gasteiger charge is -2.21. The molecule has 0 radical (unpaired) electrons. The molecule has 0 saturated heterocycles. The minimum atomic E-state index is -2.10. The topological polar surface area (TPSA) is 18.5 Å². The first-order valence-electron chi connectivity index (χ1n) is 11.0. The smallest absolute Gasteiger partial charge is 0.204 e. The second-order valence-corrected chi connectivity index (χ2v) is 8.32. The van der Waals surface area contributed by atoms with Crippen molar-refractivity contribution < 1.29 is 49.0 Å². The third kappa shape index (κ3) is 3.75. The summed E-state index contributed by atoms with van der Waals surface area (Å²) >= 11 is 0. The van der Waals surface area contributed by atoms with Gasteiger partial charge in [0.1, 0.15) is 34.8 Å². The number of ether oxygens (including phenoxy) is 2. The molecular weight excluding hydrogens is 539 g/mol. The lowest BCUT2D eigenvalue weighted by molar-refractivity contribution is 0.334. The third-order valence-electron chi connectivity index (χ3n) is 6.32. The number of hydrogen-bond acceptors (Lipinski definition) is 2. The molecule has 11 heteroatoms. The van der Waals surface area contributed by atoms with E-state index in [9.17, 15) is 8.78 Å². The van der Waals surface area contributed by atoms with Gasteiger partial charge >= 0.3 is 0 Å². The van der Waals surface area contributed by atoms with E-state index < -0.39 is 102 Å². The van der Waals surface area contributed by atoms with E-state index in [1.165, 1.54) is 0 Å². The van der Waals surface area contributed by atoms with Crippen LogP contribution in [-0.2, 0) is 0 Å². The summed E-state index contributed by atoms with van der Waals surface area (Å²) in [7, 11) is 1.85. The first kappa shape index (κ1) is 26.2. The standard InChI is InChI=1S/C28H13F9O2/c1-38-10-8-15(32)19(16(33)9-10)18-11-4-3-5-12(29)17(11)22(21-14(31)7-6-13(30)20(18)21)23-24(34)26(36)28(39-2)27(37)25(23)35/h3-9H,1-2H3. The van der Waals surface area contributed by atoms with Gasteiger partial charge < -0.3 is 9.47 Å². The molecule has 2 nitrogen and oxygen atoms in total. The zero-order chi connectivity index (χ0) is 28.3. The summed E-state index contributed by atoms with van der Waals surface area (Å²) in [5.41, 5.74) is -4.37. The molecule has 5 aromatic rings. The molecule has 0 aliphatic carbocycles. The van der Waals surface area contributed by atoms with Gasteiger partial charge in [0.05, 0.1) is 25.3 Å². The fourth-order valence-electron chi connectivity index (χ4n) is 4.71. The van der Waals surface area contributed by atoms with Crippen LogP contribution in [0.3, 0.4) is 0 Å². The Kier molecular flexibility index (Phi) is 6.32. The zero-order valence-corrected chi connectivity index (χ0v) is 19.8. The van der Waals surface area contributed by atoms with E-state index in [0.29, 0.717) is 12.1 Å². The Labute approximate surface area is 213 Å². The molecule has 0 saturated carbocycles. The largest absolute Gasteiger partial charge is 0.497 e. The van der Waals surface area contributed by atoms with Gasteiger partial charge in [-0.2, -0.15) is 8.78 Å². The SMILES string of the molecule is COc1cc(F)c(-c2c3cccc(F)c3c(-c3c(F)c(F)c(OC)c(F)c3F)c3c(F)ccc(F)c23)c(F)c1. The first-order chi connectivity index (χ1) is 18.5. The number of methoxy groups -OCH3 is 2. The summed E-state index contributed by atoms with van der Waals surface area (Å²) in [5.74, 6) is -16.7. The van der Waals surface area contributed by atoms with Gasteiger partial charge in [0.25, 0.3) is 0 Å². The van der Waals surface area contributed by atoms with Crippen molar-refractivity contribution >= 4 is 21.5 Å². The van der Waals surface area contributed by atoms with Crippen LogP contribution in [0.25, 0.3) is 43.8 Å². The molecule has 0 aliphatic rings. The van der Waals surface area contributed by atoms with Gasteiger partial charge in [-0.25, -0.2) is 30.7 Å². The maximum Gasteiger partial charge on any atom is 0.204 e. The Balaban J connectivity index is 2.14. The summed E-state index contributed by atoms with van der Waals surface area (Å²) in [6.07, 6.45) is 0. The number of halogens is 9. The average molecular weight is 552 g/mol. The van der Waals surface area contributed by atoms with Gasteiger partial charge in [0.2, 0.25) is 11.6 Å². The summed E-state index contributed by atoms with van der Waals surface area (Å²) in [6.45, 7) is 0. The third-order valence-corrected chi connectivity index (χ3v) is 6.32. The Bertz CT molecular complexity index is 1780. The Morgan fingerprint density at radius 1 is 0.462 bits per heavy atom. The number of benzene rings is 5. The molecule has 0 N–H and O–H groups in total. The summed E-state index contributed by atoms with van der Waals surface area (Å²) in [4.78, 5) is 0. The molecule has 0 amide bonds. The maximum absolute atomic E-state index is 15.4. The van der Waals surface area contributed by atoms with E-state index in [1.807, 2.05) is 0 Å². The van der Waals surface area contributed by atoms with E-state index in [1.54, 1.807) is 0 Å². The van der Waals surface area contributed by atoms with E-state index in [4.69, 9.17) is 4.74 Å². The van der Waals surface area contributed by atoms with Gasteiger partial charge in [-0.05, 0) is 23.6 Å². The summed E-state index contributed by atoms with van der Waals surface area (Å²) in [5, 5.41) is -3.44. The Morgan fingerprint density at radius 2 is 0.974 bits per heavy atom. The highest BCUT2D eigenvalue weighted by Crippen LogP contribution is 2.49. The lowest BCUT2D eigenvalue weighted by atomic mass is 9.84. The molecule has 0 heterocycles. The molecule has 0 fully saturated rings. The van der Waals surface area contributed by atoms with Crippen molar-refractivity contribution in [2.45, 2.75) is 0 Å². The minimum Gasteiger partial charge on any atom is -0.497 e. The van der Waals surface area contributed by atoms with Crippen molar-refractivity contribution in [2.24, 2.45) is 0 Å². The monoisotopic (exact) mass is 552 g/mol. The van der Waals surface area contributed by atoms with Gasteiger partial charge in [0.15, 0.2) is 17.4 Å². The van der Waals surface area contributed by atoms with Crippen molar-refractivity contribution in [3.63, 3.8) is 0 Å². The predicted molar refractivity (Wildman–Crippen MR) is 125 cm³/mol. The highest BCUT2D eigenvalue weighted by Gasteiger charge is 2.33. The van der Waals surface area contributed by atoms with Crippen LogP contribution >= 0.6 is 0 Å². The molecule has 200 valence electrons. The van der Waals surface area contributed by atoms with E-state index in [0.717, 1.165) is 44.6 Å². The summed E-state index contributed by atoms with van der Waals surface area (Å²) < 4.78 is 146. The highest BCUT2D eigenvalue weighted by atomic mass is 19.2. The lowest BCUT2D eigenvalue weighted by Crippen LogP contribution is -2.06. The second kappa shape index (κ2) is 9.40. The molecule has 39 heavy (non-hydrogen) atoms.